The number of ether oxygens (including phenoxy) is 1. The maximum Gasteiger partial charge on any atom is 0.318 e. The van der Waals surface area contributed by atoms with Gasteiger partial charge in [0.25, 0.3) is 10.0 Å². The summed E-state index contributed by atoms with van der Waals surface area (Å²) in [6, 6.07) is 8.27. The Hall–Kier alpha value is -2.48. The van der Waals surface area contributed by atoms with E-state index in [9.17, 15) is 13.2 Å². The molecule has 0 N–H and O–H groups in total. The van der Waals surface area contributed by atoms with Crippen LogP contribution < -0.4 is 9.04 Å². The molecule has 7 nitrogen and oxygen atoms in total. The van der Waals surface area contributed by atoms with Crippen LogP contribution in [0.2, 0.25) is 0 Å². The van der Waals surface area contributed by atoms with E-state index in [-0.39, 0.29) is 35.7 Å². The Labute approximate surface area is 127 Å². The highest BCUT2D eigenvalue weighted by Crippen LogP contribution is 2.33. The van der Waals surface area contributed by atoms with Crippen molar-refractivity contribution in [3.63, 3.8) is 0 Å². The molecule has 0 fully saturated rings. The standard InChI is InChI=1S/C14H13N3O4S/c1-10(18)9-21-14-15-7-6-13(16-14)17-8-11-4-2-3-5-12(11)22(17,19)20/h2-7H,8-9H2,1H3. The number of carbonyl (C=O) groups is 1. The summed E-state index contributed by atoms with van der Waals surface area (Å²) in [6.45, 7) is 1.43. The Morgan fingerprint density at radius 2 is 2.09 bits per heavy atom. The SMILES string of the molecule is CC(=O)COc1nccc(N2Cc3ccccc3S2(=O)=O)n1. The molecule has 0 unspecified atom stereocenters. The molecule has 0 spiro atoms. The third-order valence-corrected chi connectivity index (χ3v) is 4.98. The summed E-state index contributed by atoms with van der Waals surface area (Å²) >= 11 is 0. The van der Waals surface area contributed by atoms with Gasteiger partial charge in [-0.3, -0.25) is 4.79 Å². The van der Waals surface area contributed by atoms with E-state index in [4.69, 9.17) is 4.74 Å². The van der Waals surface area contributed by atoms with E-state index in [0.717, 1.165) is 0 Å². The molecule has 0 aliphatic carbocycles. The Balaban J connectivity index is 1.93. The van der Waals surface area contributed by atoms with Crippen LogP contribution in [0, 0.1) is 0 Å². The molecule has 3 rings (SSSR count). The Bertz CT molecular complexity index is 835. The van der Waals surface area contributed by atoms with E-state index < -0.39 is 10.0 Å². The summed E-state index contributed by atoms with van der Waals surface area (Å²) < 4.78 is 31.4. The molecule has 0 bridgehead atoms. The molecule has 0 amide bonds. The Morgan fingerprint density at radius 3 is 2.82 bits per heavy atom. The number of benzene rings is 1. The van der Waals surface area contributed by atoms with Crippen molar-refractivity contribution in [1.29, 1.82) is 0 Å². The average Bonchev–Trinajstić information content (AvgIpc) is 2.77. The van der Waals surface area contributed by atoms with Gasteiger partial charge in [-0.2, -0.15) is 4.98 Å². The molecule has 1 aromatic heterocycles. The third kappa shape index (κ3) is 2.52. The lowest BCUT2D eigenvalue weighted by molar-refractivity contribution is -0.119. The fourth-order valence-electron chi connectivity index (χ4n) is 2.16. The van der Waals surface area contributed by atoms with Gasteiger partial charge in [-0.25, -0.2) is 17.7 Å². The van der Waals surface area contributed by atoms with Crippen molar-refractivity contribution in [1.82, 2.24) is 9.97 Å². The number of hydrogen-bond acceptors (Lipinski definition) is 6. The average molecular weight is 319 g/mol. The topological polar surface area (TPSA) is 89.5 Å². The lowest BCUT2D eigenvalue weighted by Gasteiger charge is -2.16. The van der Waals surface area contributed by atoms with Crippen LogP contribution in [0.25, 0.3) is 0 Å². The molecule has 22 heavy (non-hydrogen) atoms. The predicted molar refractivity (Wildman–Crippen MR) is 78.0 cm³/mol. The first-order valence-corrected chi connectivity index (χ1v) is 7.98. The maximum atomic E-state index is 12.5. The minimum Gasteiger partial charge on any atom is -0.455 e. The third-order valence-electron chi connectivity index (χ3n) is 3.13. The number of sulfonamides is 1. The molecular weight excluding hydrogens is 306 g/mol. The van der Waals surface area contributed by atoms with Crippen LogP contribution >= 0.6 is 0 Å². The second-order valence-corrected chi connectivity index (χ2v) is 6.64. The van der Waals surface area contributed by atoms with Gasteiger partial charge in [0.15, 0.2) is 5.78 Å². The van der Waals surface area contributed by atoms with Crippen LogP contribution in [0.15, 0.2) is 41.4 Å². The molecule has 2 aromatic rings. The number of nitrogens with zero attached hydrogens (tertiary/aromatic N) is 3. The van der Waals surface area contributed by atoms with Crippen LogP contribution in [0.4, 0.5) is 5.82 Å². The van der Waals surface area contributed by atoms with Crippen molar-refractivity contribution in [3.8, 4) is 6.01 Å². The predicted octanol–water partition coefficient (Wildman–Crippen LogP) is 1.15. The summed E-state index contributed by atoms with van der Waals surface area (Å²) in [5, 5.41) is 0. The monoisotopic (exact) mass is 319 g/mol. The molecule has 114 valence electrons. The van der Waals surface area contributed by atoms with Crippen LogP contribution in [-0.4, -0.2) is 30.8 Å². The lowest BCUT2D eigenvalue weighted by atomic mass is 10.2. The highest BCUT2D eigenvalue weighted by Gasteiger charge is 2.35. The van der Waals surface area contributed by atoms with Crippen molar-refractivity contribution in [2.75, 3.05) is 10.9 Å². The van der Waals surface area contributed by atoms with Gasteiger partial charge in [-0.1, -0.05) is 18.2 Å². The number of anilines is 1. The minimum atomic E-state index is -3.63. The van der Waals surface area contributed by atoms with Gasteiger partial charge in [0.1, 0.15) is 12.4 Å². The van der Waals surface area contributed by atoms with E-state index in [1.54, 1.807) is 24.3 Å². The van der Waals surface area contributed by atoms with Gasteiger partial charge in [0.05, 0.1) is 11.4 Å². The zero-order chi connectivity index (χ0) is 15.7. The molecule has 0 radical (unpaired) electrons. The number of aromatic nitrogens is 2. The molecule has 0 saturated carbocycles. The summed E-state index contributed by atoms with van der Waals surface area (Å²) in [6.07, 6.45) is 1.40. The van der Waals surface area contributed by atoms with E-state index in [1.807, 2.05) is 0 Å². The van der Waals surface area contributed by atoms with Gasteiger partial charge < -0.3 is 4.74 Å². The molecular formula is C14H13N3O4S. The highest BCUT2D eigenvalue weighted by atomic mass is 32.2. The quantitative estimate of drug-likeness (QED) is 0.840. The van der Waals surface area contributed by atoms with Crippen molar-refractivity contribution in [2.45, 2.75) is 18.4 Å². The van der Waals surface area contributed by atoms with Crippen LogP contribution in [0.1, 0.15) is 12.5 Å². The van der Waals surface area contributed by atoms with E-state index >= 15 is 0 Å². The molecule has 1 aromatic carbocycles. The Morgan fingerprint density at radius 1 is 1.32 bits per heavy atom. The first-order chi connectivity index (χ1) is 10.5. The number of Topliss-reactive ketones (excluding diaryl/α,β-unsaturated/α-hetero) is 1. The van der Waals surface area contributed by atoms with Crippen molar-refractivity contribution in [2.24, 2.45) is 0 Å². The number of rotatable bonds is 4. The maximum absolute atomic E-state index is 12.5. The second kappa shape index (κ2) is 5.38. The number of fused-ring (bicyclic) bond motifs is 1. The molecule has 0 atom stereocenters. The van der Waals surface area contributed by atoms with E-state index in [1.165, 1.54) is 23.5 Å². The number of ketones is 1. The molecule has 8 heteroatoms. The molecule has 0 saturated heterocycles. The van der Waals surface area contributed by atoms with Gasteiger partial charge >= 0.3 is 6.01 Å². The van der Waals surface area contributed by atoms with Gasteiger partial charge in [0, 0.05) is 12.3 Å². The lowest BCUT2D eigenvalue weighted by Crippen LogP contribution is -2.25. The number of carbonyl (C=O) groups excluding carboxylic acids is 1. The Kier molecular flexibility index (Phi) is 3.53. The van der Waals surface area contributed by atoms with Crippen LogP contribution in [0.5, 0.6) is 6.01 Å². The van der Waals surface area contributed by atoms with Crippen molar-refractivity contribution < 1.29 is 17.9 Å². The highest BCUT2D eigenvalue weighted by molar-refractivity contribution is 7.93. The molecule has 1 aliphatic rings. The zero-order valence-corrected chi connectivity index (χ0v) is 12.6. The van der Waals surface area contributed by atoms with Gasteiger partial charge in [-0.15, -0.1) is 0 Å². The summed E-state index contributed by atoms with van der Waals surface area (Å²) in [7, 11) is -3.63. The first-order valence-electron chi connectivity index (χ1n) is 6.54. The van der Waals surface area contributed by atoms with Gasteiger partial charge in [0.2, 0.25) is 0 Å². The molecule has 2 heterocycles. The normalized spacial score (nSPS) is 15.4. The molecule has 1 aliphatic heterocycles. The van der Waals surface area contributed by atoms with Crippen LogP contribution in [0.3, 0.4) is 0 Å². The first kappa shape index (κ1) is 14.5. The summed E-state index contributed by atoms with van der Waals surface area (Å²) in [5.41, 5.74) is 0.715. The van der Waals surface area contributed by atoms with Crippen LogP contribution in [-0.2, 0) is 21.4 Å². The summed E-state index contributed by atoms with van der Waals surface area (Å²) in [5.74, 6) is 0.0416. The largest absolute Gasteiger partial charge is 0.455 e. The van der Waals surface area contributed by atoms with E-state index in [2.05, 4.69) is 9.97 Å². The number of hydrogen-bond donors (Lipinski definition) is 0. The summed E-state index contributed by atoms with van der Waals surface area (Å²) in [4.78, 5) is 19.1. The fraction of sp³-hybridized carbons (Fsp3) is 0.214. The van der Waals surface area contributed by atoms with E-state index in [0.29, 0.717) is 5.56 Å². The smallest absolute Gasteiger partial charge is 0.318 e. The second-order valence-electron chi connectivity index (χ2n) is 4.81. The van der Waals surface area contributed by atoms with Crippen molar-refractivity contribution >= 4 is 21.6 Å². The fourth-order valence-corrected chi connectivity index (χ4v) is 3.76. The zero-order valence-electron chi connectivity index (χ0n) is 11.8. The van der Waals surface area contributed by atoms with Crippen molar-refractivity contribution in [3.05, 3.63) is 42.1 Å². The minimum absolute atomic E-state index is 0.0288. The van der Waals surface area contributed by atoms with Gasteiger partial charge in [-0.05, 0) is 18.6 Å².